The monoisotopic (exact) mass is 363 g/mol. The van der Waals surface area contributed by atoms with Gasteiger partial charge in [-0.3, -0.25) is 0 Å². The lowest BCUT2D eigenvalue weighted by Crippen LogP contribution is -2.45. The summed E-state index contributed by atoms with van der Waals surface area (Å²) in [5.41, 5.74) is -0.0944. The van der Waals surface area contributed by atoms with Crippen LogP contribution in [0.15, 0.2) is 23.1 Å². The number of nitrogens with zero attached hydrogens (tertiary/aromatic N) is 1. The number of sulfonamides is 1. The molecule has 5 nitrogen and oxygen atoms in total. The van der Waals surface area contributed by atoms with E-state index in [0.29, 0.717) is 11.3 Å². The molecule has 0 bridgehead atoms. The highest BCUT2D eigenvalue weighted by Crippen LogP contribution is 2.43. The van der Waals surface area contributed by atoms with Crippen molar-refractivity contribution in [3.63, 3.8) is 0 Å². The Morgan fingerprint density at radius 1 is 1.35 bits per heavy atom. The molecule has 1 aliphatic rings. The summed E-state index contributed by atoms with van der Waals surface area (Å²) in [6, 6.07) is 4.56. The number of benzene rings is 1. The minimum atomic E-state index is -3.53. The highest BCUT2D eigenvalue weighted by atomic mass is 79.9. The number of ether oxygens (including phenoxy) is 1. The number of aliphatic hydroxyl groups excluding tert-OH is 1. The van der Waals surface area contributed by atoms with E-state index in [2.05, 4.69) is 15.9 Å². The van der Waals surface area contributed by atoms with Gasteiger partial charge >= 0.3 is 0 Å². The zero-order valence-corrected chi connectivity index (χ0v) is 14.2. The van der Waals surface area contributed by atoms with Crippen molar-refractivity contribution < 1.29 is 18.3 Å². The van der Waals surface area contributed by atoms with Crippen LogP contribution in [0.25, 0.3) is 0 Å². The van der Waals surface area contributed by atoms with Crippen molar-refractivity contribution in [2.24, 2.45) is 0 Å². The predicted molar refractivity (Wildman–Crippen MR) is 79.7 cm³/mol. The number of alkyl halides is 1. The van der Waals surface area contributed by atoms with Crippen molar-refractivity contribution in [2.45, 2.75) is 35.3 Å². The minimum Gasteiger partial charge on any atom is -0.486 e. The maximum Gasteiger partial charge on any atom is 0.242 e. The third-order valence-corrected chi connectivity index (χ3v) is 6.81. The zero-order valence-electron chi connectivity index (χ0n) is 11.8. The van der Waals surface area contributed by atoms with Gasteiger partial charge in [-0.15, -0.1) is 0 Å². The molecule has 0 aromatic heterocycles. The van der Waals surface area contributed by atoms with Crippen LogP contribution in [0.3, 0.4) is 0 Å². The van der Waals surface area contributed by atoms with Crippen LogP contribution < -0.4 is 4.74 Å². The third-order valence-electron chi connectivity index (χ3n) is 3.39. The van der Waals surface area contributed by atoms with Gasteiger partial charge in [-0.2, -0.15) is 0 Å². The lowest BCUT2D eigenvalue weighted by molar-refractivity contribution is 0.0223. The SMILES string of the molecule is CN(C)S(=O)(=O)c1ccc2c(c1)C(O)C(Br)C(C)(C)O2. The largest absolute Gasteiger partial charge is 0.486 e. The van der Waals surface area contributed by atoms with E-state index in [-0.39, 0.29) is 9.72 Å². The van der Waals surface area contributed by atoms with Gasteiger partial charge in [0, 0.05) is 19.7 Å². The first-order chi connectivity index (χ1) is 9.07. The molecule has 1 heterocycles. The first-order valence-corrected chi connectivity index (χ1v) is 8.50. The molecule has 0 aliphatic carbocycles. The molecule has 7 heteroatoms. The van der Waals surface area contributed by atoms with E-state index < -0.39 is 21.7 Å². The van der Waals surface area contributed by atoms with Crippen LogP contribution in [0.2, 0.25) is 0 Å². The highest BCUT2D eigenvalue weighted by molar-refractivity contribution is 9.09. The van der Waals surface area contributed by atoms with Gasteiger partial charge in [0.05, 0.1) is 15.8 Å². The van der Waals surface area contributed by atoms with Crippen LogP contribution in [0.4, 0.5) is 0 Å². The van der Waals surface area contributed by atoms with Gasteiger partial charge in [0.1, 0.15) is 11.4 Å². The smallest absolute Gasteiger partial charge is 0.242 e. The van der Waals surface area contributed by atoms with Crippen LogP contribution in [-0.2, 0) is 10.0 Å². The average Bonchev–Trinajstić information content (AvgIpc) is 2.35. The molecule has 0 radical (unpaired) electrons. The van der Waals surface area contributed by atoms with Crippen LogP contribution in [0.5, 0.6) is 5.75 Å². The number of aliphatic hydroxyl groups is 1. The molecule has 0 saturated heterocycles. The summed E-state index contributed by atoms with van der Waals surface area (Å²) >= 11 is 3.41. The number of hydrogen-bond acceptors (Lipinski definition) is 4. The van der Waals surface area contributed by atoms with Gasteiger partial charge in [0.2, 0.25) is 10.0 Å². The van der Waals surface area contributed by atoms with E-state index in [0.717, 1.165) is 4.31 Å². The second-order valence-electron chi connectivity index (χ2n) is 5.54. The summed E-state index contributed by atoms with van der Waals surface area (Å²) in [6.07, 6.45) is -0.828. The molecular formula is C13H18BrNO4S. The molecule has 20 heavy (non-hydrogen) atoms. The van der Waals surface area contributed by atoms with Crippen molar-refractivity contribution in [2.75, 3.05) is 14.1 Å². The molecule has 1 aliphatic heterocycles. The van der Waals surface area contributed by atoms with Gasteiger partial charge in [-0.25, -0.2) is 12.7 Å². The van der Waals surface area contributed by atoms with Crippen molar-refractivity contribution in [3.05, 3.63) is 23.8 Å². The van der Waals surface area contributed by atoms with E-state index in [1.807, 2.05) is 13.8 Å². The van der Waals surface area contributed by atoms with Gasteiger partial charge < -0.3 is 9.84 Å². The standard InChI is InChI=1S/C13H18BrNO4S/c1-13(2)12(14)11(16)9-7-8(5-6-10(9)19-13)20(17,18)15(3)4/h5-7,11-12,16H,1-4H3. The molecule has 112 valence electrons. The summed E-state index contributed by atoms with van der Waals surface area (Å²) in [4.78, 5) is -0.178. The Kier molecular flexibility index (Phi) is 3.92. The minimum absolute atomic E-state index is 0.142. The van der Waals surface area contributed by atoms with Gasteiger partial charge in [0.15, 0.2) is 0 Å². The fourth-order valence-corrected chi connectivity index (χ4v) is 3.42. The molecule has 1 aromatic carbocycles. The summed E-state index contributed by atoms with van der Waals surface area (Å²) in [6.45, 7) is 3.73. The molecular weight excluding hydrogens is 346 g/mol. The van der Waals surface area contributed by atoms with E-state index in [1.54, 1.807) is 6.07 Å². The van der Waals surface area contributed by atoms with Gasteiger partial charge in [0.25, 0.3) is 0 Å². The molecule has 0 amide bonds. The van der Waals surface area contributed by atoms with Crippen LogP contribution >= 0.6 is 15.9 Å². The lowest BCUT2D eigenvalue weighted by Gasteiger charge is -2.40. The topological polar surface area (TPSA) is 66.8 Å². The molecule has 0 fully saturated rings. The third kappa shape index (κ3) is 2.47. The van der Waals surface area contributed by atoms with Crippen LogP contribution in [-0.4, -0.2) is 42.4 Å². The van der Waals surface area contributed by atoms with E-state index >= 15 is 0 Å². The summed E-state index contributed by atoms with van der Waals surface area (Å²) < 4.78 is 31.2. The van der Waals surface area contributed by atoms with E-state index in [9.17, 15) is 13.5 Å². The summed E-state index contributed by atoms with van der Waals surface area (Å²) in [5.74, 6) is 0.510. The molecule has 0 saturated carbocycles. The Balaban J connectivity index is 2.54. The Morgan fingerprint density at radius 2 is 1.95 bits per heavy atom. The maximum atomic E-state index is 12.1. The Bertz CT molecular complexity index is 627. The number of fused-ring (bicyclic) bond motifs is 1. The quantitative estimate of drug-likeness (QED) is 0.815. The fourth-order valence-electron chi connectivity index (χ4n) is 2.10. The van der Waals surface area contributed by atoms with Gasteiger partial charge in [-0.05, 0) is 32.0 Å². The average molecular weight is 364 g/mol. The Labute approximate surface area is 127 Å². The normalized spacial score (nSPS) is 25.1. The second kappa shape index (κ2) is 4.98. The number of hydrogen-bond donors (Lipinski definition) is 1. The van der Waals surface area contributed by atoms with Crippen molar-refractivity contribution in [1.29, 1.82) is 0 Å². The molecule has 1 N–H and O–H groups in total. The Morgan fingerprint density at radius 3 is 2.50 bits per heavy atom. The second-order valence-corrected chi connectivity index (χ2v) is 8.68. The molecule has 1 aromatic rings. The van der Waals surface area contributed by atoms with Crippen molar-refractivity contribution in [3.8, 4) is 5.75 Å². The van der Waals surface area contributed by atoms with E-state index in [1.165, 1.54) is 26.2 Å². The lowest BCUT2D eigenvalue weighted by atomic mass is 9.91. The molecule has 0 spiro atoms. The van der Waals surface area contributed by atoms with Gasteiger partial charge in [-0.1, -0.05) is 15.9 Å². The highest BCUT2D eigenvalue weighted by Gasteiger charge is 2.42. The van der Waals surface area contributed by atoms with Crippen LogP contribution in [0.1, 0.15) is 25.5 Å². The molecule has 2 atom stereocenters. The summed E-state index contributed by atoms with van der Waals surface area (Å²) in [5, 5.41) is 10.4. The van der Waals surface area contributed by atoms with Crippen molar-refractivity contribution >= 4 is 26.0 Å². The maximum absolute atomic E-state index is 12.1. The molecule has 2 rings (SSSR count). The zero-order chi connectivity index (χ0) is 15.3. The first kappa shape index (κ1) is 15.8. The van der Waals surface area contributed by atoms with Crippen molar-refractivity contribution in [1.82, 2.24) is 4.31 Å². The van der Waals surface area contributed by atoms with Crippen LogP contribution in [0, 0.1) is 0 Å². The molecule has 2 unspecified atom stereocenters. The number of rotatable bonds is 2. The first-order valence-electron chi connectivity index (χ1n) is 6.15. The fraction of sp³-hybridized carbons (Fsp3) is 0.538. The predicted octanol–water partition coefficient (Wildman–Crippen LogP) is 1.90. The number of halogens is 1. The summed E-state index contributed by atoms with van der Waals surface area (Å²) in [7, 11) is -0.588. The van der Waals surface area contributed by atoms with E-state index in [4.69, 9.17) is 4.74 Å². The Hall–Kier alpha value is -0.630.